The quantitative estimate of drug-likeness (QED) is 0.743. The van der Waals surface area contributed by atoms with E-state index in [9.17, 15) is 0 Å². The highest BCUT2D eigenvalue weighted by Gasteiger charge is 2.03. The van der Waals surface area contributed by atoms with Gasteiger partial charge in [-0.3, -0.25) is 4.98 Å². The van der Waals surface area contributed by atoms with Gasteiger partial charge >= 0.3 is 0 Å². The third-order valence-electron chi connectivity index (χ3n) is 2.69. The van der Waals surface area contributed by atoms with E-state index in [1.165, 1.54) is 0 Å². The highest BCUT2D eigenvalue weighted by atomic mass is 16.5. The van der Waals surface area contributed by atoms with Crippen molar-refractivity contribution >= 4 is 17.6 Å². The maximum Gasteiger partial charge on any atom is 0.224 e. The lowest BCUT2D eigenvalue weighted by atomic mass is 10.3. The van der Waals surface area contributed by atoms with Crippen LogP contribution in [0.5, 0.6) is 0 Å². The zero-order chi connectivity index (χ0) is 14.5. The molecule has 3 rings (SSSR count). The second-order valence-electron chi connectivity index (χ2n) is 4.39. The topological polar surface area (TPSA) is 88.8 Å². The van der Waals surface area contributed by atoms with E-state index in [0.29, 0.717) is 24.1 Å². The molecule has 0 atom stereocenters. The average Bonchev–Trinajstić information content (AvgIpc) is 2.92. The molecule has 106 valence electrons. The summed E-state index contributed by atoms with van der Waals surface area (Å²) >= 11 is 0. The van der Waals surface area contributed by atoms with Crippen LogP contribution in [0.4, 0.5) is 17.6 Å². The molecule has 0 bridgehead atoms. The molecule has 3 aromatic rings. The predicted molar refractivity (Wildman–Crippen MR) is 78.1 cm³/mol. The van der Waals surface area contributed by atoms with Gasteiger partial charge in [0.15, 0.2) is 5.82 Å². The summed E-state index contributed by atoms with van der Waals surface area (Å²) in [5.74, 6) is 2.51. The maximum absolute atomic E-state index is 4.99. The number of pyridine rings is 1. The van der Waals surface area contributed by atoms with Crippen LogP contribution in [0.2, 0.25) is 0 Å². The summed E-state index contributed by atoms with van der Waals surface area (Å²) in [6.45, 7) is 2.39. The summed E-state index contributed by atoms with van der Waals surface area (Å²) in [5.41, 5.74) is 0.923. The summed E-state index contributed by atoms with van der Waals surface area (Å²) < 4.78 is 4.99. The van der Waals surface area contributed by atoms with Crippen molar-refractivity contribution in [1.82, 2.24) is 20.1 Å². The molecule has 0 aromatic carbocycles. The average molecular weight is 282 g/mol. The monoisotopic (exact) mass is 282 g/mol. The van der Waals surface area contributed by atoms with Gasteiger partial charge in [-0.05, 0) is 25.1 Å². The van der Waals surface area contributed by atoms with E-state index in [-0.39, 0.29) is 0 Å². The molecule has 3 heterocycles. The molecule has 3 aromatic heterocycles. The van der Waals surface area contributed by atoms with Crippen molar-refractivity contribution in [3.63, 3.8) is 0 Å². The molecular weight excluding hydrogens is 268 g/mol. The van der Waals surface area contributed by atoms with Crippen LogP contribution in [-0.4, -0.2) is 20.1 Å². The molecular formula is C14H14N6O. The number of aromatic nitrogens is 4. The lowest BCUT2D eigenvalue weighted by Crippen LogP contribution is -2.05. The third kappa shape index (κ3) is 3.53. The Labute approximate surface area is 121 Å². The zero-order valence-electron chi connectivity index (χ0n) is 11.4. The van der Waals surface area contributed by atoms with Gasteiger partial charge < -0.3 is 15.2 Å². The highest BCUT2D eigenvalue weighted by molar-refractivity contribution is 5.52. The Morgan fingerprint density at radius 1 is 1.10 bits per heavy atom. The third-order valence-corrected chi connectivity index (χ3v) is 2.69. The smallest absolute Gasteiger partial charge is 0.224 e. The summed E-state index contributed by atoms with van der Waals surface area (Å²) in [7, 11) is 0. The molecule has 0 aliphatic rings. The molecule has 21 heavy (non-hydrogen) atoms. The van der Waals surface area contributed by atoms with Gasteiger partial charge in [0.1, 0.15) is 11.6 Å². The van der Waals surface area contributed by atoms with E-state index >= 15 is 0 Å². The number of nitrogens with one attached hydrogen (secondary N) is 2. The van der Waals surface area contributed by atoms with Gasteiger partial charge in [0.2, 0.25) is 5.95 Å². The molecule has 0 amide bonds. The van der Waals surface area contributed by atoms with Gasteiger partial charge in [0.05, 0.1) is 12.2 Å². The molecule has 7 heteroatoms. The summed E-state index contributed by atoms with van der Waals surface area (Å²) in [5, 5.41) is 10.0. The van der Waals surface area contributed by atoms with E-state index in [0.717, 1.165) is 11.5 Å². The first kappa shape index (κ1) is 13.0. The van der Waals surface area contributed by atoms with Crippen molar-refractivity contribution in [2.75, 3.05) is 10.6 Å². The number of anilines is 3. The van der Waals surface area contributed by atoms with Gasteiger partial charge in [-0.15, -0.1) is 0 Å². The molecule has 0 spiro atoms. The van der Waals surface area contributed by atoms with Crippen molar-refractivity contribution in [3.05, 3.63) is 54.2 Å². The molecule has 7 nitrogen and oxygen atoms in total. The van der Waals surface area contributed by atoms with Gasteiger partial charge in [0.25, 0.3) is 0 Å². The molecule has 0 saturated carbocycles. The fourth-order valence-corrected chi connectivity index (χ4v) is 1.74. The van der Waals surface area contributed by atoms with Crippen LogP contribution in [-0.2, 0) is 6.54 Å². The number of nitrogens with zero attached hydrogens (tertiary/aromatic N) is 4. The van der Waals surface area contributed by atoms with Crippen molar-refractivity contribution in [2.45, 2.75) is 13.5 Å². The second kappa shape index (κ2) is 6.00. The van der Waals surface area contributed by atoms with E-state index < -0.39 is 0 Å². The van der Waals surface area contributed by atoms with Crippen LogP contribution >= 0.6 is 0 Å². The molecule has 0 fully saturated rings. The Kier molecular flexibility index (Phi) is 3.72. The minimum Gasteiger partial charge on any atom is -0.360 e. The number of aryl methyl sites for hydroxylation is 1. The summed E-state index contributed by atoms with van der Waals surface area (Å²) in [6.07, 6.45) is 3.42. The maximum atomic E-state index is 4.99. The fraction of sp³-hybridized carbons (Fsp3) is 0.143. The van der Waals surface area contributed by atoms with Crippen molar-refractivity contribution in [3.8, 4) is 0 Å². The summed E-state index contributed by atoms with van der Waals surface area (Å²) in [6, 6.07) is 9.31. The van der Waals surface area contributed by atoms with E-state index in [1.54, 1.807) is 24.5 Å². The van der Waals surface area contributed by atoms with E-state index in [1.807, 2.05) is 25.1 Å². The first-order valence-corrected chi connectivity index (χ1v) is 6.47. The minimum atomic E-state index is 0.519. The number of hydrogen-bond donors (Lipinski definition) is 2. The zero-order valence-corrected chi connectivity index (χ0v) is 11.4. The fourth-order valence-electron chi connectivity index (χ4n) is 1.74. The van der Waals surface area contributed by atoms with Crippen LogP contribution < -0.4 is 10.6 Å². The van der Waals surface area contributed by atoms with Gasteiger partial charge in [-0.25, -0.2) is 4.98 Å². The Balaban J connectivity index is 1.65. The second-order valence-corrected chi connectivity index (χ2v) is 4.39. The van der Waals surface area contributed by atoms with Crippen LogP contribution in [0.3, 0.4) is 0 Å². The minimum absolute atomic E-state index is 0.519. The van der Waals surface area contributed by atoms with Crippen LogP contribution in [0.15, 0.2) is 47.2 Å². The van der Waals surface area contributed by atoms with Gasteiger partial charge in [-0.2, -0.15) is 4.98 Å². The molecule has 0 aliphatic carbocycles. The van der Waals surface area contributed by atoms with Crippen molar-refractivity contribution in [1.29, 1.82) is 0 Å². The van der Waals surface area contributed by atoms with E-state index in [2.05, 4.69) is 30.7 Å². The Hall–Kier alpha value is -2.96. The molecule has 0 unspecified atom stereocenters. The van der Waals surface area contributed by atoms with Gasteiger partial charge in [0, 0.05) is 18.5 Å². The first-order valence-electron chi connectivity index (χ1n) is 6.47. The summed E-state index contributed by atoms with van der Waals surface area (Å²) in [4.78, 5) is 12.7. The Morgan fingerprint density at radius 2 is 2.05 bits per heavy atom. The standard InChI is InChI=1S/C14H14N6O/c1-10-8-13(20-21-10)18-12-5-7-16-14(19-12)17-9-11-4-2-3-6-15-11/h2-8H,9H2,1H3,(H2,16,17,18,19,20). The van der Waals surface area contributed by atoms with Gasteiger partial charge in [-0.1, -0.05) is 11.2 Å². The predicted octanol–water partition coefficient (Wildman–Crippen LogP) is 2.52. The van der Waals surface area contributed by atoms with Crippen molar-refractivity contribution in [2.24, 2.45) is 0 Å². The normalized spacial score (nSPS) is 10.3. The lowest BCUT2D eigenvalue weighted by Gasteiger charge is -2.06. The lowest BCUT2D eigenvalue weighted by molar-refractivity contribution is 0.400. The number of hydrogen-bond acceptors (Lipinski definition) is 7. The van der Waals surface area contributed by atoms with Crippen LogP contribution in [0, 0.1) is 6.92 Å². The van der Waals surface area contributed by atoms with Crippen LogP contribution in [0.25, 0.3) is 0 Å². The Morgan fingerprint density at radius 3 is 2.81 bits per heavy atom. The van der Waals surface area contributed by atoms with E-state index in [4.69, 9.17) is 4.52 Å². The first-order chi connectivity index (χ1) is 10.3. The highest BCUT2D eigenvalue weighted by Crippen LogP contribution is 2.14. The van der Waals surface area contributed by atoms with Crippen LogP contribution in [0.1, 0.15) is 11.5 Å². The SMILES string of the molecule is Cc1cc(Nc2ccnc(NCc3ccccn3)n2)no1. The molecule has 0 radical (unpaired) electrons. The Bertz CT molecular complexity index is 712. The molecule has 0 saturated heterocycles. The largest absolute Gasteiger partial charge is 0.360 e. The number of rotatable bonds is 5. The molecule has 2 N–H and O–H groups in total. The van der Waals surface area contributed by atoms with Crippen molar-refractivity contribution < 1.29 is 4.52 Å². The molecule has 0 aliphatic heterocycles.